The maximum absolute atomic E-state index is 10.9. The Labute approximate surface area is 84.5 Å². The molecule has 3 N–H and O–H groups in total. The Bertz CT molecular complexity index is 181. The summed E-state index contributed by atoms with van der Waals surface area (Å²) in [5.41, 5.74) is 2.11. The van der Waals surface area contributed by atoms with E-state index in [1.54, 1.807) is 0 Å². The predicted octanol–water partition coefficient (Wildman–Crippen LogP) is -0.523. The molecular formula is C9H19N3O2. The first-order valence-electron chi connectivity index (χ1n) is 5.02. The van der Waals surface area contributed by atoms with Crippen LogP contribution in [0.25, 0.3) is 0 Å². The molecule has 1 aliphatic rings. The number of nitrogens with two attached hydrogens (primary N) is 1. The second-order valence-corrected chi connectivity index (χ2v) is 3.75. The van der Waals surface area contributed by atoms with Crippen molar-refractivity contribution in [1.82, 2.24) is 10.3 Å². The van der Waals surface area contributed by atoms with Gasteiger partial charge in [0.2, 0.25) is 5.91 Å². The van der Waals surface area contributed by atoms with Crippen LogP contribution in [0.15, 0.2) is 0 Å². The minimum Gasteiger partial charge on any atom is -0.377 e. The van der Waals surface area contributed by atoms with Gasteiger partial charge in [0.15, 0.2) is 0 Å². The van der Waals surface area contributed by atoms with Gasteiger partial charge in [-0.15, -0.1) is 0 Å². The largest absolute Gasteiger partial charge is 0.377 e. The van der Waals surface area contributed by atoms with E-state index in [9.17, 15) is 4.79 Å². The Morgan fingerprint density at radius 2 is 2.43 bits per heavy atom. The monoisotopic (exact) mass is 201 g/mol. The fourth-order valence-electron chi connectivity index (χ4n) is 1.65. The van der Waals surface area contributed by atoms with Crippen LogP contribution in [0.4, 0.5) is 0 Å². The summed E-state index contributed by atoms with van der Waals surface area (Å²) in [6.07, 6.45) is 3.75. The summed E-state index contributed by atoms with van der Waals surface area (Å²) in [7, 11) is 1.90. The van der Waals surface area contributed by atoms with Crippen LogP contribution in [-0.2, 0) is 9.53 Å². The molecule has 0 aromatic rings. The second-order valence-electron chi connectivity index (χ2n) is 3.75. The van der Waals surface area contributed by atoms with Crippen molar-refractivity contribution in [3.05, 3.63) is 0 Å². The van der Waals surface area contributed by atoms with E-state index in [1.165, 1.54) is 6.42 Å². The summed E-state index contributed by atoms with van der Waals surface area (Å²) >= 11 is 0. The van der Waals surface area contributed by atoms with Crippen LogP contribution >= 0.6 is 0 Å². The van der Waals surface area contributed by atoms with Crippen molar-refractivity contribution in [1.29, 1.82) is 0 Å². The molecule has 1 atom stereocenters. The molecular weight excluding hydrogens is 182 g/mol. The lowest BCUT2D eigenvalue weighted by atomic mass is 10.1. The highest BCUT2D eigenvalue weighted by atomic mass is 16.5. The van der Waals surface area contributed by atoms with Gasteiger partial charge in [0.05, 0.1) is 12.6 Å². The Kier molecular flexibility index (Phi) is 4.86. The van der Waals surface area contributed by atoms with E-state index >= 15 is 0 Å². The molecule has 5 nitrogen and oxygen atoms in total. The van der Waals surface area contributed by atoms with Crippen LogP contribution in [0.3, 0.4) is 0 Å². The molecule has 0 spiro atoms. The quantitative estimate of drug-likeness (QED) is 0.365. The van der Waals surface area contributed by atoms with Crippen molar-refractivity contribution in [3.63, 3.8) is 0 Å². The van der Waals surface area contributed by atoms with E-state index in [0.29, 0.717) is 6.54 Å². The molecule has 0 aromatic carbocycles. The van der Waals surface area contributed by atoms with E-state index in [-0.39, 0.29) is 12.0 Å². The first-order chi connectivity index (χ1) is 6.72. The fourth-order valence-corrected chi connectivity index (χ4v) is 1.65. The van der Waals surface area contributed by atoms with Crippen LogP contribution in [0, 0.1) is 0 Å². The number of hydrogen-bond acceptors (Lipinski definition) is 4. The highest BCUT2D eigenvalue weighted by Gasteiger charge is 2.16. The minimum atomic E-state index is -0.164. The van der Waals surface area contributed by atoms with Gasteiger partial charge in [-0.05, 0) is 26.3 Å². The van der Waals surface area contributed by atoms with E-state index in [1.807, 2.05) is 11.9 Å². The Balaban J connectivity index is 2.18. The zero-order chi connectivity index (χ0) is 10.4. The van der Waals surface area contributed by atoms with Crippen LogP contribution < -0.4 is 11.3 Å². The Hall–Kier alpha value is -0.650. The number of nitrogens with zero attached hydrogens (tertiary/aromatic N) is 1. The summed E-state index contributed by atoms with van der Waals surface area (Å²) in [5, 5.41) is 0. The van der Waals surface area contributed by atoms with Gasteiger partial charge in [-0.25, -0.2) is 5.84 Å². The molecule has 1 rings (SSSR count). The molecule has 0 aromatic heterocycles. The molecule has 1 unspecified atom stereocenters. The average Bonchev–Trinajstić information content (AvgIpc) is 2.19. The van der Waals surface area contributed by atoms with Crippen LogP contribution in [0.2, 0.25) is 0 Å². The first-order valence-corrected chi connectivity index (χ1v) is 5.02. The number of carbonyl (C=O) groups is 1. The normalized spacial score (nSPS) is 22.4. The number of rotatable bonds is 4. The molecule has 1 heterocycles. The van der Waals surface area contributed by atoms with Crippen LogP contribution in [0.5, 0.6) is 0 Å². The van der Waals surface area contributed by atoms with Gasteiger partial charge in [0.25, 0.3) is 0 Å². The molecule has 0 radical (unpaired) electrons. The van der Waals surface area contributed by atoms with Crippen molar-refractivity contribution in [2.75, 3.05) is 26.7 Å². The maximum Gasteiger partial charge on any atom is 0.248 e. The number of carbonyl (C=O) groups excluding carboxylic acids is 1. The smallest absolute Gasteiger partial charge is 0.248 e. The third-order valence-electron chi connectivity index (χ3n) is 2.36. The fraction of sp³-hybridized carbons (Fsp3) is 0.889. The topological polar surface area (TPSA) is 67.6 Å². The SMILES string of the molecule is CN(CC(=O)NN)CC1CCCCO1. The standard InChI is InChI=1S/C9H19N3O2/c1-12(7-9(13)11-10)6-8-4-2-3-5-14-8/h8H,2-7,10H2,1H3,(H,11,13). The van der Waals surface area contributed by atoms with Gasteiger partial charge in [-0.1, -0.05) is 0 Å². The number of hydrogen-bond donors (Lipinski definition) is 2. The van der Waals surface area contributed by atoms with Crippen molar-refractivity contribution < 1.29 is 9.53 Å². The number of ether oxygens (including phenoxy) is 1. The molecule has 82 valence electrons. The molecule has 0 saturated carbocycles. The molecule has 1 saturated heterocycles. The zero-order valence-electron chi connectivity index (χ0n) is 8.66. The molecule has 1 amide bonds. The number of amides is 1. The zero-order valence-corrected chi connectivity index (χ0v) is 8.66. The summed E-state index contributed by atoms with van der Waals surface area (Å²) in [4.78, 5) is 12.9. The second kappa shape index (κ2) is 5.95. The van der Waals surface area contributed by atoms with E-state index in [0.717, 1.165) is 26.0 Å². The number of hydrazine groups is 1. The number of likely N-dealkylation sites (N-methyl/N-ethyl adjacent to an activating group) is 1. The Morgan fingerprint density at radius 1 is 1.64 bits per heavy atom. The molecule has 14 heavy (non-hydrogen) atoms. The molecule has 0 bridgehead atoms. The van der Waals surface area contributed by atoms with Gasteiger partial charge in [-0.2, -0.15) is 0 Å². The van der Waals surface area contributed by atoms with E-state index < -0.39 is 0 Å². The van der Waals surface area contributed by atoms with Gasteiger partial charge in [-0.3, -0.25) is 15.1 Å². The molecule has 1 fully saturated rings. The lowest BCUT2D eigenvalue weighted by molar-refractivity contribution is -0.122. The third kappa shape index (κ3) is 4.04. The highest BCUT2D eigenvalue weighted by Crippen LogP contribution is 2.12. The minimum absolute atomic E-state index is 0.164. The lowest BCUT2D eigenvalue weighted by Crippen LogP contribution is -2.42. The van der Waals surface area contributed by atoms with E-state index in [4.69, 9.17) is 10.6 Å². The van der Waals surface area contributed by atoms with Crippen molar-refractivity contribution >= 4 is 5.91 Å². The van der Waals surface area contributed by atoms with Gasteiger partial charge in [0.1, 0.15) is 0 Å². The lowest BCUT2D eigenvalue weighted by Gasteiger charge is -2.26. The molecule has 1 aliphatic heterocycles. The average molecular weight is 201 g/mol. The van der Waals surface area contributed by atoms with E-state index in [2.05, 4.69) is 5.43 Å². The highest BCUT2D eigenvalue weighted by molar-refractivity contribution is 5.77. The molecule has 5 heteroatoms. The van der Waals surface area contributed by atoms with Gasteiger partial charge >= 0.3 is 0 Å². The third-order valence-corrected chi connectivity index (χ3v) is 2.36. The summed E-state index contributed by atoms with van der Waals surface area (Å²) in [6, 6.07) is 0. The predicted molar refractivity (Wildman–Crippen MR) is 53.4 cm³/mol. The van der Waals surface area contributed by atoms with Crippen molar-refractivity contribution in [3.8, 4) is 0 Å². The van der Waals surface area contributed by atoms with Gasteiger partial charge in [0, 0.05) is 13.2 Å². The number of nitrogens with one attached hydrogen (secondary N) is 1. The van der Waals surface area contributed by atoms with Gasteiger partial charge < -0.3 is 4.74 Å². The molecule has 0 aliphatic carbocycles. The Morgan fingerprint density at radius 3 is 3.00 bits per heavy atom. The first kappa shape index (κ1) is 11.4. The maximum atomic E-state index is 10.9. The van der Waals surface area contributed by atoms with Crippen LogP contribution in [-0.4, -0.2) is 43.7 Å². The summed E-state index contributed by atoms with van der Waals surface area (Å²) in [6.45, 7) is 1.98. The van der Waals surface area contributed by atoms with Crippen LogP contribution in [0.1, 0.15) is 19.3 Å². The van der Waals surface area contributed by atoms with Crippen molar-refractivity contribution in [2.45, 2.75) is 25.4 Å². The van der Waals surface area contributed by atoms with Crippen molar-refractivity contribution in [2.24, 2.45) is 5.84 Å². The summed E-state index contributed by atoms with van der Waals surface area (Å²) < 4.78 is 5.56. The summed E-state index contributed by atoms with van der Waals surface area (Å²) in [5.74, 6) is 4.83.